The molecule has 4 heterocycles. The predicted octanol–water partition coefficient (Wildman–Crippen LogP) is 9.77. The van der Waals surface area contributed by atoms with Crippen LogP contribution in [0.15, 0.2) is 116 Å². The van der Waals surface area contributed by atoms with Gasteiger partial charge in [0.05, 0.1) is 17.2 Å². The van der Waals surface area contributed by atoms with Crippen LogP contribution in [0, 0.1) is 19.0 Å². The first kappa shape index (κ1) is 25.0. The van der Waals surface area contributed by atoms with Gasteiger partial charge in [0.1, 0.15) is 11.5 Å². The number of nitrogens with zero attached hydrogens (tertiary/aromatic N) is 5. The molecule has 242 valence electrons. The number of halogens is 2. The number of benzene rings is 4. The van der Waals surface area contributed by atoms with E-state index in [-0.39, 0.29) is 37.9 Å². The summed E-state index contributed by atoms with van der Waals surface area (Å²) in [6, 6.07) is 26.0. The minimum absolute atomic E-state index is 0. The Morgan fingerprint density at radius 2 is 1.59 bits per heavy atom. The van der Waals surface area contributed by atoms with Crippen LogP contribution in [0.2, 0.25) is 0 Å². The summed E-state index contributed by atoms with van der Waals surface area (Å²) in [5.41, 5.74) is 1.12. The Labute approximate surface area is 307 Å². The summed E-state index contributed by atoms with van der Waals surface area (Å²) < 4.78 is 95.6. The third-order valence-electron chi connectivity index (χ3n) is 8.42. The van der Waals surface area contributed by atoms with Crippen LogP contribution in [0.25, 0.3) is 27.6 Å². The summed E-state index contributed by atoms with van der Waals surface area (Å²) in [5.74, 6) is -3.04. The van der Waals surface area contributed by atoms with Gasteiger partial charge in [-0.3, -0.25) is 4.98 Å². The average molecular weight is 834 g/mol. The molecular formula is C41H31F2N5Pt+2. The van der Waals surface area contributed by atoms with Crippen molar-refractivity contribution in [2.45, 2.75) is 39.0 Å². The summed E-state index contributed by atoms with van der Waals surface area (Å²) in [6.45, 7) is 3.37. The van der Waals surface area contributed by atoms with Gasteiger partial charge in [-0.15, -0.1) is 11.5 Å². The van der Waals surface area contributed by atoms with Crippen LogP contribution >= 0.6 is 0 Å². The third kappa shape index (κ3) is 5.53. The Balaban J connectivity index is 0.00000480. The van der Waals surface area contributed by atoms with E-state index in [4.69, 9.17) is 9.60 Å². The van der Waals surface area contributed by atoms with E-state index in [2.05, 4.69) is 48.9 Å². The maximum Gasteiger partial charge on any atom is 2.00 e. The summed E-state index contributed by atoms with van der Waals surface area (Å²) >= 11 is 0. The van der Waals surface area contributed by atoms with E-state index in [1.807, 2.05) is 18.2 Å². The molecule has 0 atom stereocenters. The standard InChI is InChI=1S/C41H31F2N5.Pt/c1-27-12-15-31(16-13-27)46-26-47(36-11-6-5-10-35(36)46)32-9-7-8-29(22-32)41(42,43)30-14-17-33-34-19-20-44-25-38(34)48(37(33)23-30)39-24-28(18-21-45-39)40(2,3)4;/h5-21,24-25H,1-4H3;/q;+2/i1D3,12D,13D,15D,16D;. The van der Waals surface area contributed by atoms with E-state index in [1.165, 1.54) is 27.4 Å². The number of pyridine rings is 2. The quantitative estimate of drug-likeness (QED) is 0.128. The molecule has 0 amide bonds. The van der Waals surface area contributed by atoms with Gasteiger partial charge in [0.15, 0.2) is 0 Å². The van der Waals surface area contributed by atoms with E-state index < -0.39 is 53.6 Å². The van der Waals surface area contributed by atoms with Gasteiger partial charge < -0.3 is 4.57 Å². The van der Waals surface area contributed by atoms with E-state index in [0.717, 1.165) is 10.9 Å². The van der Waals surface area contributed by atoms with Crippen LogP contribution in [0.3, 0.4) is 0 Å². The third-order valence-corrected chi connectivity index (χ3v) is 8.42. The average Bonchev–Trinajstić information content (AvgIpc) is 3.69. The molecule has 49 heavy (non-hydrogen) atoms. The van der Waals surface area contributed by atoms with E-state index in [1.54, 1.807) is 59.6 Å². The van der Waals surface area contributed by atoms with Crippen LogP contribution in [0.1, 0.15) is 52.6 Å². The van der Waals surface area contributed by atoms with E-state index in [9.17, 15) is 0 Å². The Hall–Kier alpha value is -5.09. The van der Waals surface area contributed by atoms with Crippen LogP contribution in [0.5, 0.6) is 0 Å². The van der Waals surface area contributed by atoms with Crippen molar-refractivity contribution in [2.75, 3.05) is 0 Å². The van der Waals surface area contributed by atoms with Crippen molar-refractivity contribution in [3.05, 3.63) is 150 Å². The van der Waals surface area contributed by atoms with Crippen molar-refractivity contribution < 1.29 is 39.4 Å². The fraction of sp³-hybridized carbons (Fsp3) is 0.146. The molecule has 1 aliphatic heterocycles. The van der Waals surface area contributed by atoms with Crippen molar-refractivity contribution in [3.63, 3.8) is 0 Å². The first-order valence-electron chi connectivity index (χ1n) is 18.7. The monoisotopic (exact) mass is 833 g/mol. The molecule has 8 rings (SSSR count). The number of fused-ring (bicyclic) bond motifs is 4. The number of para-hydroxylation sites is 2. The van der Waals surface area contributed by atoms with Crippen LogP contribution in [-0.2, 0) is 32.4 Å². The normalized spacial score (nSPS) is 15.2. The maximum absolute atomic E-state index is 16.8. The van der Waals surface area contributed by atoms with Crippen LogP contribution in [-0.4, -0.2) is 20.5 Å². The van der Waals surface area contributed by atoms with E-state index >= 15 is 8.78 Å². The van der Waals surface area contributed by atoms with Crippen molar-refractivity contribution in [1.82, 2.24) is 23.7 Å². The second kappa shape index (κ2) is 12.1. The number of hydrogen-bond acceptors (Lipinski definition) is 2. The second-order valence-corrected chi connectivity index (χ2v) is 12.5. The topological polar surface area (TPSA) is 36.7 Å². The molecule has 0 bridgehead atoms. The van der Waals surface area contributed by atoms with Gasteiger partial charge in [-0.1, -0.05) is 83.9 Å². The Morgan fingerprint density at radius 3 is 2.35 bits per heavy atom. The van der Waals surface area contributed by atoms with Crippen LogP contribution < -0.4 is 9.15 Å². The fourth-order valence-electron chi connectivity index (χ4n) is 5.95. The summed E-state index contributed by atoms with van der Waals surface area (Å²) in [4.78, 5) is 8.93. The first-order chi connectivity index (χ1) is 26.0. The maximum atomic E-state index is 16.8. The zero-order valence-electron chi connectivity index (χ0n) is 33.5. The minimum Gasteiger partial charge on any atom is -0.318 e. The van der Waals surface area contributed by atoms with E-state index in [0.29, 0.717) is 33.6 Å². The van der Waals surface area contributed by atoms with Gasteiger partial charge in [0.2, 0.25) is 5.69 Å². The zero-order valence-corrected chi connectivity index (χ0v) is 28.7. The summed E-state index contributed by atoms with van der Waals surface area (Å²) in [7, 11) is 0. The molecule has 3 aromatic heterocycles. The SMILES string of the molecule is [2H]c1c([2H])c(C([2H])([2H])[2H])c([2H])c([2H])c1[N+]1=C=[N+](c2[c-]c(C(F)(F)c3[c-]c4c(cc3)c3ccncc3n4-c3cc(C(C)(C)C)ccn3)ccc2)c2ccccc21.[Pt+2]. The van der Waals surface area contributed by atoms with Gasteiger partial charge >= 0.3 is 27.1 Å². The van der Waals surface area contributed by atoms with Crippen molar-refractivity contribution in [1.29, 1.82) is 0 Å². The van der Waals surface area contributed by atoms with Gasteiger partial charge in [0, 0.05) is 40.7 Å². The summed E-state index contributed by atoms with van der Waals surface area (Å²) in [6.07, 6.45) is 5.03. The summed E-state index contributed by atoms with van der Waals surface area (Å²) in [5, 5.41) is 1.52. The zero-order chi connectivity index (χ0) is 39.2. The fourth-order valence-corrected chi connectivity index (χ4v) is 5.95. The molecule has 0 aliphatic carbocycles. The van der Waals surface area contributed by atoms with Gasteiger partial charge in [0.25, 0.3) is 17.3 Å². The number of aromatic nitrogens is 3. The van der Waals surface area contributed by atoms with Gasteiger partial charge in [-0.25, -0.2) is 13.8 Å². The van der Waals surface area contributed by atoms with Crippen molar-refractivity contribution >= 4 is 50.6 Å². The largest absolute Gasteiger partial charge is 2.00 e. The molecule has 7 aromatic rings. The Bertz CT molecular complexity index is 2790. The Morgan fingerprint density at radius 1 is 0.837 bits per heavy atom. The molecule has 5 nitrogen and oxygen atoms in total. The molecule has 4 aromatic carbocycles. The first-order valence-corrected chi connectivity index (χ1v) is 15.2. The van der Waals surface area contributed by atoms with Crippen molar-refractivity contribution in [3.8, 4) is 5.82 Å². The molecule has 0 radical (unpaired) electrons. The smallest absolute Gasteiger partial charge is 0.318 e. The molecular weight excluding hydrogens is 796 g/mol. The molecule has 0 N–H and O–H groups in total. The number of alkyl halides is 2. The molecule has 0 spiro atoms. The molecule has 8 heteroatoms. The van der Waals surface area contributed by atoms with Crippen LogP contribution in [0.4, 0.5) is 31.5 Å². The van der Waals surface area contributed by atoms with Crippen molar-refractivity contribution in [2.24, 2.45) is 0 Å². The molecule has 0 saturated heterocycles. The van der Waals surface area contributed by atoms with Gasteiger partial charge in [-0.2, -0.15) is 24.3 Å². The second-order valence-electron chi connectivity index (χ2n) is 12.5. The molecule has 0 saturated carbocycles. The number of rotatable bonds is 5. The molecule has 0 unspecified atom stereocenters. The molecule has 1 aliphatic rings. The van der Waals surface area contributed by atoms with Gasteiger partial charge in [-0.05, 0) is 46.0 Å². The Kier molecular flexibility index (Phi) is 6.17. The minimum atomic E-state index is -3.59. The predicted molar refractivity (Wildman–Crippen MR) is 188 cm³/mol. The number of hydrogen-bond donors (Lipinski definition) is 0. The molecule has 0 fully saturated rings.